The summed E-state index contributed by atoms with van der Waals surface area (Å²) < 4.78 is 28.1. The molecule has 1 heterocycles. The predicted molar refractivity (Wildman–Crippen MR) is 138 cm³/mol. The number of hydrogen-bond donors (Lipinski definition) is 0. The van der Waals surface area contributed by atoms with Crippen molar-refractivity contribution in [1.29, 1.82) is 0 Å². The van der Waals surface area contributed by atoms with Crippen molar-refractivity contribution in [2.75, 3.05) is 27.6 Å². The summed E-state index contributed by atoms with van der Waals surface area (Å²) in [5.74, 6) is 0.310. The molecule has 1 fully saturated rings. The van der Waals surface area contributed by atoms with Crippen LogP contribution in [-0.2, 0) is 35.0 Å². The lowest BCUT2D eigenvalue weighted by molar-refractivity contribution is -0.166. The van der Waals surface area contributed by atoms with Crippen molar-refractivity contribution in [1.82, 2.24) is 4.90 Å². The Labute approximate surface area is 220 Å². The molecule has 1 saturated heterocycles. The van der Waals surface area contributed by atoms with E-state index in [0.29, 0.717) is 19.3 Å². The third kappa shape index (κ3) is 9.97. The molecule has 0 spiro atoms. The Bertz CT molecular complexity index is 879. The first kappa shape index (κ1) is 30.6. The lowest BCUT2D eigenvalue weighted by Crippen LogP contribution is -2.49. The van der Waals surface area contributed by atoms with Crippen LogP contribution in [0.1, 0.15) is 65.9 Å². The van der Waals surface area contributed by atoms with E-state index in [2.05, 4.69) is 0 Å². The van der Waals surface area contributed by atoms with Crippen molar-refractivity contribution >= 4 is 17.8 Å². The molecule has 1 aliphatic heterocycles. The second-order valence-electron chi connectivity index (χ2n) is 10.6. The number of benzene rings is 1. The van der Waals surface area contributed by atoms with Gasteiger partial charge in [0.25, 0.3) is 0 Å². The smallest absolute Gasteiger partial charge is 0.412 e. The molecule has 9 nitrogen and oxygen atoms in total. The molecule has 0 bridgehead atoms. The van der Waals surface area contributed by atoms with Crippen LogP contribution in [0.4, 0.5) is 4.79 Å². The van der Waals surface area contributed by atoms with E-state index in [0.717, 1.165) is 17.7 Å². The summed E-state index contributed by atoms with van der Waals surface area (Å²) in [7, 11) is 3.09. The van der Waals surface area contributed by atoms with Crippen LogP contribution in [0, 0.1) is 5.92 Å². The van der Waals surface area contributed by atoms with Crippen molar-refractivity contribution < 1.29 is 38.1 Å². The SMILES string of the molecule is COCN(C(=O)OC(C)(C)C)C1CCCC(Cc2ccc(OC)cc2)C(OCCC(C)=O)C(C)OC1=O. The maximum Gasteiger partial charge on any atom is 0.412 e. The highest BCUT2D eigenvalue weighted by Gasteiger charge is 2.39. The van der Waals surface area contributed by atoms with E-state index >= 15 is 0 Å². The second kappa shape index (κ2) is 14.3. The van der Waals surface area contributed by atoms with Gasteiger partial charge in [0, 0.05) is 13.5 Å². The van der Waals surface area contributed by atoms with Gasteiger partial charge in [-0.05, 0) is 77.5 Å². The van der Waals surface area contributed by atoms with Crippen LogP contribution in [0.15, 0.2) is 24.3 Å². The summed E-state index contributed by atoms with van der Waals surface area (Å²) in [4.78, 5) is 39.1. The number of rotatable bonds is 10. The molecule has 2 rings (SSSR count). The van der Waals surface area contributed by atoms with E-state index in [-0.39, 0.29) is 31.5 Å². The zero-order valence-corrected chi connectivity index (χ0v) is 23.3. The van der Waals surface area contributed by atoms with Crippen LogP contribution in [0.3, 0.4) is 0 Å². The van der Waals surface area contributed by atoms with Gasteiger partial charge in [-0.25, -0.2) is 9.59 Å². The Morgan fingerprint density at radius 1 is 1.11 bits per heavy atom. The molecule has 1 aromatic rings. The molecule has 1 aromatic carbocycles. The first-order chi connectivity index (χ1) is 17.4. The normalized spacial score (nSPS) is 22.7. The first-order valence-corrected chi connectivity index (χ1v) is 12.9. The quantitative estimate of drug-likeness (QED) is 0.327. The Morgan fingerprint density at radius 2 is 1.78 bits per heavy atom. The first-order valence-electron chi connectivity index (χ1n) is 12.9. The van der Waals surface area contributed by atoms with Crippen molar-refractivity contribution in [2.24, 2.45) is 5.92 Å². The van der Waals surface area contributed by atoms with Crippen LogP contribution in [0.25, 0.3) is 0 Å². The van der Waals surface area contributed by atoms with Crippen LogP contribution in [0.2, 0.25) is 0 Å². The lowest BCUT2D eigenvalue weighted by Gasteiger charge is -2.33. The van der Waals surface area contributed by atoms with Crippen molar-refractivity contribution in [3.8, 4) is 5.75 Å². The lowest BCUT2D eigenvalue weighted by atomic mass is 9.86. The number of Topliss-reactive ketones (excluding diaryl/α,β-unsaturated/α-hetero) is 1. The van der Waals surface area contributed by atoms with E-state index in [1.54, 1.807) is 34.8 Å². The van der Waals surface area contributed by atoms with Crippen LogP contribution in [0.5, 0.6) is 5.75 Å². The van der Waals surface area contributed by atoms with Crippen LogP contribution < -0.4 is 4.74 Å². The predicted octanol–water partition coefficient (Wildman–Crippen LogP) is 4.54. The summed E-state index contributed by atoms with van der Waals surface area (Å²) in [6.45, 7) is 8.78. The Morgan fingerprint density at radius 3 is 2.35 bits per heavy atom. The minimum absolute atomic E-state index is 0.0271. The molecule has 4 unspecified atom stereocenters. The Kier molecular flexibility index (Phi) is 11.8. The third-order valence-electron chi connectivity index (χ3n) is 6.25. The van der Waals surface area contributed by atoms with Crippen LogP contribution >= 0.6 is 0 Å². The maximum absolute atomic E-state index is 13.3. The van der Waals surface area contributed by atoms with Gasteiger partial charge in [-0.2, -0.15) is 0 Å². The number of ether oxygens (including phenoxy) is 5. The van der Waals surface area contributed by atoms with E-state index in [4.69, 9.17) is 23.7 Å². The van der Waals surface area contributed by atoms with Gasteiger partial charge in [-0.3, -0.25) is 9.69 Å². The zero-order valence-electron chi connectivity index (χ0n) is 23.3. The highest BCUT2D eigenvalue weighted by atomic mass is 16.6. The Balaban J connectivity index is 2.29. The molecule has 0 aliphatic carbocycles. The van der Waals surface area contributed by atoms with Crippen molar-refractivity contribution in [2.45, 2.75) is 90.6 Å². The summed E-state index contributed by atoms with van der Waals surface area (Å²) in [5, 5.41) is 0. The van der Waals surface area contributed by atoms with E-state index < -0.39 is 35.9 Å². The number of ketones is 1. The van der Waals surface area contributed by atoms with Gasteiger partial charge in [0.05, 0.1) is 19.8 Å². The molecule has 0 N–H and O–H groups in total. The van der Waals surface area contributed by atoms with Gasteiger partial charge < -0.3 is 23.7 Å². The Hall–Kier alpha value is -2.65. The number of esters is 1. The highest BCUT2D eigenvalue weighted by molar-refractivity contribution is 5.81. The number of carbonyl (C=O) groups is 3. The average Bonchev–Trinajstić information content (AvgIpc) is 2.86. The van der Waals surface area contributed by atoms with Gasteiger partial charge in [0.15, 0.2) is 0 Å². The van der Waals surface area contributed by atoms with E-state index in [1.165, 1.54) is 18.9 Å². The molecule has 9 heteroatoms. The number of methoxy groups -OCH3 is 2. The zero-order chi connectivity index (χ0) is 27.6. The van der Waals surface area contributed by atoms with Gasteiger partial charge >= 0.3 is 12.1 Å². The fraction of sp³-hybridized carbons (Fsp3) is 0.679. The molecule has 1 aliphatic rings. The molecular weight excluding hydrogens is 478 g/mol. The van der Waals surface area contributed by atoms with Crippen molar-refractivity contribution in [3.63, 3.8) is 0 Å². The largest absolute Gasteiger partial charge is 0.497 e. The van der Waals surface area contributed by atoms with E-state index in [1.807, 2.05) is 24.3 Å². The molecule has 37 heavy (non-hydrogen) atoms. The van der Waals surface area contributed by atoms with E-state index in [9.17, 15) is 14.4 Å². The summed E-state index contributed by atoms with van der Waals surface area (Å²) in [6, 6.07) is 7.01. The topological polar surface area (TPSA) is 101 Å². The average molecular weight is 522 g/mol. The number of cyclic esters (lactones) is 1. The highest BCUT2D eigenvalue weighted by Crippen LogP contribution is 2.29. The molecular formula is C28H43NO8. The fourth-order valence-electron chi connectivity index (χ4n) is 4.47. The molecule has 208 valence electrons. The van der Waals surface area contributed by atoms with Gasteiger partial charge in [0.1, 0.15) is 36.0 Å². The molecule has 1 amide bonds. The number of nitrogens with zero attached hydrogens (tertiary/aromatic N) is 1. The number of hydrogen-bond acceptors (Lipinski definition) is 8. The fourth-order valence-corrected chi connectivity index (χ4v) is 4.47. The molecule has 4 atom stereocenters. The summed E-state index contributed by atoms with van der Waals surface area (Å²) in [5.41, 5.74) is 0.382. The number of amides is 1. The van der Waals surface area contributed by atoms with Gasteiger partial charge in [-0.1, -0.05) is 18.6 Å². The number of carbonyl (C=O) groups excluding carboxylic acids is 3. The van der Waals surface area contributed by atoms with Crippen LogP contribution in [-0.4, -0.2) is 74.2 Å². The van der Waals surface area contributed by atoms with Gasteiger partial charge in [0.2, 0.25) is 0 Å². The molecule has 0 saturated carbocycles. The van der Waals surface area contributed by atoms with Crippen molar-refractivity contribution in [3.05, 3.63) is 29.8 Å². The second-order valence-corrected chi connectivity index (χ2v) is 10.6. The molecule has 0 aromatic heterocycles. The minimum Gasteiger partial charge on any atom is -0.497 e. The summed E-state index contributed by atoms with van der Waals surface area (Å²) in [6.07, 6.45) is 1.14. The van der Waals surface area contributed by atoms with Gasteiger partial charge in [-0.15, -0.1) is 0 Å². The third-order valence-corrected chi connectivity index (χ3v) is 6.25. The minimum atomic E-state index is -0.852. The monoisotopic (exact) mass is 521 g/mol. The molecule has 0 radical (unpaired) electrons. The maximum atomic E-state index is 13.3. The standard InChI is InChI=1S/C28H43NO8/c1-19(30)15-16-35-25-20(2)36-26(31)24(29(18-33-6)27(32)37-28(3,4)5)10-8-9-22(25)17-21-11-13-23(34-7)14-12-21/h11-14,20,22,24-25H,8-10,15-18H2,1-7H3. The summed E-state index contributed by atoms with van der Waals surface area (Å²) >= 11 is 0.